The van der Waals surface area contributed by atoms with Gasteiger partial charge in [-0.3, -0.25) is 0 Å². The highest BCUT2D eigenvalue weighted by Gasteiger charge is 2.20. The van der Waals surface area contributed by atoms with Crippen molar-refractivity contribution in [3.05, 3.63) is 34.1 Å². The first-order valence-electron chi connectivity index (χ1n) is 5.64. The van der Waals surface area contributed by atoms with Gasteiger partial charge in [0.2, 0.25) is 0 Å². The number of nitrogens with one attached hydrogen (secondary N) is 1. The van der Waals surface area contributed by atoms with E-state index in [4.69, 9.17) is 4.74 Å². The molecule has 0 aliphatic carbocycles. The Bertz CT molecular complexity index is 443. The number of rotatable bonds is 2. The first-order valence-corrected chi connectivity index (χ1v) is 6.43. The van der Waals surface area contributed by atoms with Gasteiger partial charge in [0.05, 0.1) is 10.5 Å². The highest BCUT2D eigenvalue weighted by atomic mass is 79.9. The lowest BCUT2D eigenvalue weighted by Gasteiger charge is -2.22. The number of carbonyl (C=O) groups is 1. The molecule has 0 fully saturated rings. The van der Waals surface area contributed by atoms with Crippen LogP contribution in [0, 0.1) is 5.82 Å². The Balaban J connectivity index is 2.74. The number of benzene rings is 1. The first-order chi connectivity index (χ1) is 8.20. The molecule has 100 valence electrons. The Labute approximate surface area is 115 Å². The zero-order valence-corrected chi connectivity index (χ0v) is 12.5. The third kappa shape index (κ3) is 4.29. The van der Waals surface area contributed by atoms with Crippen LogP contribution in [0.3, 0.4) is 0 Å². The zero-order chi connectivity index (χ0) is 13.9. The van der Waals surface area contributed by atoms with E-state index in [9.17, 15) is 9.18 Å². The molecule has 0 aliphatic heterocycles. The van der Waals surface area contributed by atoms with Gasteiger partial charge in [-0.05, 0) is 49.7 Å². The maximum atomic E-state index is 13.8. The molecular formula is C13H17BrFNO2. The number of halogens is 2. The SMILES string of the molecule is C[C@@H](NC(=O)OC(C)(C)C)c1cccc(Br)c1F. The summed E-state index contributed by atoms with van der Waals surface area (Å²) in [5.74, 6) is -0.374. The van der Waals surface area contributed by atoms with Crippen LogP contribution in [-0.4, -0.2) is 11.7 Å². The average molecular weight is 318 g/mol. The summed E-state index contributed by atoms with van der Waals surface area (Å²) in [7, 11) is 0. The smallest absolute Gasteiger partial charge is 0.408 e. The lowest BCUT2D eigenvalue weighted by atomic mass is 10.1. The van der Waals surface area contributed by atoms with Crippen molar-refractivity contribution in [2.24, 2.45) is 0 Å². The molecule has 0 unspecified atom stereocenters. The van der Waals surface area contributed by atoms with Crippen LogP contribution in [0.2, 0.25) is 0 Å². The second-order valence-electron chi connectivity index (χ2n) is 5.01. The fraction of sp³-hybridized carbons (Fsp3) is 0.462. The van der Waals surface area contributed by atoms with E-state index in [1.165, 1.54) is 0 Å². The van der Waals surface area contributed by atoms with Crippen LogP contribution >= 0.6 is 15.9 Å². The number of ether oxygens (including phenoxy) is 1. The monoisotopic (exact) mass is 317 g/mol. The fourth-order valence-corrected chi connectivity index (χ4v) is 1.80. The third-order valence-corrected chi connectivity index (χ3v) is 2.79. The summed E-state index contributed by atoms with van der Waals surface area (Å²) >= 11 is 3.11. The van der Waals surface area contributed by atoms with Crippen LogP contribution in [0.1, 0.15) is 39.3 Å². The number of hydrogen-bond donors (Lipinski definition) is 1. The first kappa shape index (κ1) is 15.0. The molecule has 5 heteroatoms. The third-order valence-electron chi connectivity index (χ3n) is 2.18. The fourth-order valence-electron chi connectivity index (χ4n) is 1.42. The van der Waals surface area contributed by atoms with Crippen LogP contribution < -0.4 is 5.32 Å². The minimum atomic E-state index is -0.570. The Morgan fingerprint density at radius 1 is 1.44 bits per heavy atom. The van der Waals surface area contributed by atoms with E-state index < -0.39 is 17.7 Å². The normalized spacial score (nSPS) is 13.0. The highest BCUT2D eigenvalue weighted by Crippen LogP contribution is 2.23. The van der Waals surface area contributed by atoms with Gasteiger partial charge in [-0.2, -0.15) is 0 Å². The molecule has 1 aromatic rings. The highest BCUT2D eigenvalue weighted by molar-refractivity contribution is 9.10. The van der Waals surface area contributed by atoms with Crippen molar-refractivity contribution in [1.29, 1.82) is 0 Å². The summed E-state index contributed by atoms with van der Waals surface area (Å²) < 4.78 is 19.3. The largest absolute Gasteiger partial charge is 0.444 e. The number of hydrogen-bond acceptors (Lipinski definition) is 2. The molecule has 18 heavy (non-hydrogen) atoms. The van der Waals surface area contributed by atoms with E-state index in [0.29, 0.717) is 10.0 Å². The Kier molecular flexibility index (Phi) is 4.73. The van der Waals surface area contributed by atoms with E-state index in [1.807, 2.05) is 0 Å². The van der Waals surface area contributed by atoms with Crippen LogP contribution in [0.4, 0.5) is 9.18 Å². The minimum Gasteiger partial charge on any atom is -0.444 e. The summed E-state index contributed by atoms with van der Waals surface area (Å²) in [4.78, 5) is 11.6. The van der Waals surface area contributed by atoms with Crippen molar-refractivity contribution < 1.29 is 13.9 Å². The van der Waals surface area contributed by atoms with Gasteiger partial charge in [0.15, 0.2) is 0 Å². The van der Waals surface area contributed by atoms with Crippen molar-refractivity contribution in [3.63, 3.8) is 0 Å². The molecule has 3 nitrogen and oxygen atoms in total. The van der Waals surface area contributed by atoms with E-state index in [2.05, 4.69) is 21.2 Å². The van der Waals surface area contributed by atoms with Crippen molar-refractivity contribution in [1.82, 2.24) is 5.32 Å². The molecule has 1 rings (SSSR count). The van der Waals surface area contributed by atoms with Gasteiger partial charge in [0.1, 0.15) is 11.4 Å². The number of alkyl carbamates (subject to hydrolysis) is 1. The van der Waals surface area contributed by atoms with Gasteiger partial charge in [0, 0.05) is 5.56 Å². The van der Waals surface area contributed by atoms with Crippen LogP contribution in [-0.2, 0) is 4.74 Å². The Morgan fingerprint density at radius 3 is 2.61 bits per heavy atom. The van der Waals surface area contributed by atoms with E-state index >= 15 is 0 Å². The molecule has 1 atom stereocenters. The summed E-state index contributed by atoms with van der Waals surface area (Å²) in [6.45, 7) is 7.03. The van der Waals surface area contributed by atoms with Crippen molar-refractivity contribution in [2.75, 3.05) is 0 Å². The topological polar surface area (TPSA) is 38.3 Å². The Hall–Kier alpha value is -1.10. The van der Waals surface area contributed by atoms with Gasteiger partial charge in [0.25, 0.3) is 0 Å². The van der Waals surface area contributed by atoms with E-state index in [0.717, 1.165) is 0 Å². The van der Waals surface area contributed by atoms with Gasteiger partial charge in [-0.25, -0.2) is 9.18 Å². The summed E-state index contributed by atoms with van der Waals surface area (Å²) in [5.41, 5.74) is -0.158. The summed E-state index contributed by atoms with van der Waals surface area (Å²) in [6.07, 6.45) is -0.561. The van der Waals surface area contributed by atoms with Gasteiger partial charge >= 0.3 is 6.09 Å². The molecule has 0 spiro atoms. The van der Waals surface area contributed by atoms with Crippen LogP contribution in [0.15, 0.2) is 22.7 Å². The second-order valence-corrected chi connectivity index (χ2v) is 5.87. The van der Waals surface area contributed by atoms with E-state index in [-0.39, 0.29) is 5.82 Å². The molecule has 0 aliphatic rings. The second kappa shape index (κ2) is 5.69. The average Bonchev–Trinajstić information content (AvgIpc) is 2.18. The molecule has 1 amide bonds. The quantitative estimate of drug-likeness (QED) is 0.888. The summed E-state index contributed by atoms with van der Waals surface area (Å²) in [6, 6.07) is 4.49. The number of carbonyl (C=O) groups excluding carboxylic acids is 1. The molecule has 0 bridgehead atoms. The molecule has 1 N–H and O–H groups in total. The number of amides is 1. The lowest BCUT2D eigenvalue weighted by molar-refractivity contribution is 0.0507. The van der Waals surface area contributed by atoms with Crippen LogP contribution in [0.25, 0.3) is 0 Å². The van der Waals surface area contributed by atoms with Gasteiger partial charge in [-0.1, -0.05) is 12.1 Å². The van der Waals surface area contributed by atoms with Crippen LogP contribution in [0.5, 0.6) is 0 Å². The zero-order valence-electron chi connectivity index (χ0n) is 10.9. The maximum absolute atomic E-state index is 13.8. The van der Waals surface area contributed by atoms with Crippen molar-refractivity contribution >= 4 is 22.0 Å². The maximum Gasteiger partial charge on any atom is 0.408 e. The van der Waals surface area contributed by atoms with Crippen molar-refractivity contribution in [2.45, 2.75) is 39.3 Å². The van der Waals surface area contributed by atoms with Gasteiger partial charge in [-0.15, -0.1) is 0 Å². The lowest BCUT2D eigenvalue weighted by Crippen LogP contribution is -2.34. The van der Waals surface area contributed by atoms with E-state index in [1.54, 1.807) is 45.9 Å². The van der Waals surface area contributed by atoms with Crippen molar-refractivity contribution in [3.8, 4) is 0 Å². The molecule has 0 heterocycles. The molecule has 0 aromatic heterocycles. The minimum absolute atomic E-state index is 0.373. The summed E-state index contributed by atoms with van der Waals surface area (Å²) in [5, 5.41) is 2.60. The molecule has 0 saturated carbocycles. The molecule has 0 saturated heterocycles. The Morgan fingerprint density at radius 2 is 2.06 bits per heavy atom. The standard InChI is InChI=1S/C13H17BrFNO2/c1-8(16-12(17)18-13(2,3)4)9-6-5-7-10(14)11(9)15/h5-8H,1-4H3,(H,16,17)/t8-/m1/s1. The predicted octanol–water partition coefficient (Wildman–Crippen LogP) is 4.17. The predicted molar refractivity (Wildman–Crippen MR) is 71.9 cm³/mol. The van der Waals surface area contributed by atoms with Gasteiger partial charge < -0.3 is 10.1 Å². The molecular weight excluding hydrogens is 301 g/mol. The molecule has 1 aromatic carbocycles. The molecule has 0 radical (unpaired) electrons.